The van der Waals surface area contributed by atoms with E-state index in [0.29, 0.717) is 5.75 Å². The summed E-state index contributed by atoms with van der Waals surface area (Å²) in [6.45, 7) is 2.90. The Labute approximate surface area is 216 Å². The normalized spacial score (nSPS) is 10.9. The van der Waals surface area contributed by atoms with Crippen LogP contribution in [-0.2, 0) is 11.3 Å². The Morgan fingerprint density at radius 2 is 1.75 bits per heavy atom. The standard InChI is InChI=1S/C31H29N3OS/c1-22-7-6-10-24(17-22)25-11-13-28-27(18-25)29(20-32-28)33-26-12-14-31(36-16-15-35)30(19-26)34(2)21-23-8-4-3-5-9-23/h3-15,17-20,32-33H,16,21H2,1-2H3. The molecule has 5 heteroatoms. The van der Waals surface area contributed by atoms with Gasteiger partial charge < -0.3 is 20.0 Å². The van der Waals surface area contributed by atoms with Gasteiger partial charge in [0, 0.05) is 41.3 Å². The third-order valence-electron chi connectivity index (χ3n) is 6.25. The number of hydrogen-bond acceptors (Lipinski definition) is 4. The lowest BCUT2D eigenvalue weighted by Crippen LogP contribution is -2.17. The monoisotopic (exact) mass is 491 g/mol. The lowest BCUT2D eigenvalue weighted by molar-refractivity contribution is -0.105. The van der Waals surface area contributed by atoms with E-state index in [1.54, 1.807) is 11.8 Å². The molecule has 0 bridgehead atoms. The quantitative estimate of drug-likeness (QED) is 0.163. The number of aldehydes is 1. The minimum Gasteiger partial charge on any atom is -0.369 e. The molecular weight excluding hydrogens is 462 g/mol. The molecule has 0 atom stereocenters. The molecule has 1 heterocycles. The van der Waals surface area contributed by atoms with Crippen molar-refractivity contribution < 1.29 is 4.79 Å². The number of rotatable bonds is 9. The second-order valence-electron chi connectivity index (χ2n) is 8.96. The van der Waals surface area contributed by atoms with Crippen LogP contribution >= 0.6 is 11.8 Å². The molecular formula is C31H29N3OS. The maximum atomic E-state index is 11.1. The molecule has 0 fully saturated rings. The van der Waals surface area contributed by atoms with Gasteiger partial charge in [-0.25, -0.2) is 0 Å². The van der Waals surface area contributed by atoms with Gasteiger partial charge in [-0.15, -0.1) is 11.8 Å². The predicted octanol–water partition coefficient (Wildman–Crippen LogP) is 7.81. The number of aryl methyl sites for hydroxylation is 1. The Kier molecular flexibility index (Phi) is 7.10. The van der Waals surface area contributed by atoms with Crippen LogP contribution < -0.4 is 10.2 Å². The van der Waals surface area contributed by atoms with E-state index in [2.05, 4.69) is 114 Å². The van der Waals surface area contributed by atoms with E-state index < -0.39 is 0 Å². The summed E-state index contributed by atoms with van der Waals surface area (Å²) in [4.78, 5) is 17.8. The first-order valence-electron chi connectivity index (χ1n) is 12.0. The SMILES string of the molecule is Cc1cccc(-c2ccc3[nH]cc(Nc4ccc(SCC=O)c(N(C)Cc5ccccc5)c4)c3c2)c1. The highest BCUT2D eigenvalue weighted by Crippen LogP contribution is 2.36. The number of anilines is 3. The Morgan fingerprint density at radius 1 is 0.917 bits per heavy atom. The summed E-state index contributed by atoms with van der Waals surface area (Å²) in [6.07, 6.45) is 2.97. The summed E-state index contributed by atoms with van der Waals surface area (Å²) < 4.78 is 0. The van der Waals surface area contributed by atoms with Gasteiger partial charge in [-0.05, 0) is 53.9 Å². The van der Waals surface area contributed by atoms with Gasteiger partial charge in [-0.2, -0.15) is 0 Å². The number of benzene rings is 4. The van der Waals surface area contributed by atoms with E-state index in [9.17, 15) is 4.79 Å². The minimum atomic E-state index is 0.434. The summed E-state index contributed by atoms with van der Waals surface area (Å²) in [5.74, 6) is 0.434. The summed E-state index contributed by atoms with van der Waals surface area (Å²) in [5.41, 5.74) is 9.11. The van der Waals surface area contributed by atoms with Crippen LogP contribution in [0, 0.1) is 6.92 Å². The zero-order valence-electron chi connectivity index (χ0n) is 20.5. The first-order chi connectivity index (χ1) is 17.6. The number of carbonyl (C=O) groups excluding carboxylic acids is 1. The highest BCUT2D eigenvalue weighted by atomic mass is 32.2. The summed E-state index contributed by atoms with van der Waals surface area (Å²) in [5, 5.41) is 4.77. The number of hydrogen-bond donors (Lipinski definition) is 2. The van der Waals surface area contributed by atoms with Crippen LogP contribution in [0.25, 0.3) is 22.0 Å². The van der Waals surface area contributed by atoms with Crippen LogP contribution in [0.4, 0.5) is 17.1 Å². The molecule has 0 saturated heterocycles. The van der Waals surface area contributed by atoms with Crippen molar-refractivity contribution in [3.8, 4) is 11.1 Å². The Bertz CT molecular complexity index is 1490. The highest BCUT2D eigenvalue weighted by molar-refractivity contribution is 8.00. The fourth-order valence-electron chi connectivity index (χ4n) is 4.47. The van der Waals surface area contributed by atoms with Crippen molar-refractivity contribution in [3.05, 3.63) is 108 Å². The van der Waals surface area contributed by atoms with Crippen molar-refractivity contribution in [2.75, 3.05) is 23.0 Å². The van der Waals surface area contributed by atoms with Crippen LogP contribution in [0.1, 0.15) is 11.1 Å². The van der Waals surface area contributed by atoms with Crippen molar-refractivity contribution in [3.63, 3.8) is 0 Å². The third kappa shape index (κ3) is 5.31. The first kappa shape index (κ1) is 23.8. The number of aromatic nitrogens is 1. The number of aromatic amines is 1. The molecule has 0 radical (unpaired) electrons. The first-order valence-corrected chi connectivity index (χ1v) is 13.0. The number of nitrogens with one attached hydrogen (secondary N) is 2. The molecule has 4 nitrogen and oxygen atoms in total. The summed E-state index contributed by atoms with van der Waals surface area (Å²) >= 11 is 1.56. The number of thioether (sulfide) groups is 1. The van der Waals surface area contributed by atoms with Crippen molar-refractivity contribution in [2.24, 2.45) is 0 Å². The molecule has 0 aliphatic carbocycles. The second kappa shape index (κ2) is 10.8. The van der Waals surface area contributed by atoms with Crippen LogP contribution in [0.15, 0.2) is 102 Å². The minimum absolute atomic E-state index is 0.434. The molecule has 0 unspecified atom stereocenters. The van der Waals surface area contributed by atoms with Crippen molar-refractivity contribution in [1.29, 1.82) is 0 Å². The molecule has 0 aliphatic heterocycles. The van der Waals surface area contributed by atoms with E-state index in [-0.39, 0.29) is 0 Å². The molecule has 5 aromatic rings. The average Bonchev–Trinajstić information content (AvgIpc) is 3.30. The van der Waals surface area contributed by atoms with E-state index in [0.717, 1.165) is 45.7 Å². The lowest BCUT2D eigenvalue weighted by Gasteiger charge is -2.23. The smallest absolute Gasteiger partial charge is 0.130 e. The van der Waals surface area contributed by atoms with Crippen LogP contribution in [0.3, 0.4) is 0 Å². The largest absolute Gasteiger partial charge is 0.369 e. The molecule has 0 aliphatic rings. The van der Waals surface area contributed by atoms with Crippen LogP contribution in [0.5, 0.6) is 0 Å². The predicted molar refractivity (Wildman–Crippen MR) is 154 cm³/mol. The number of H-pyrrole nitrogens is 1. The molecule has 36 heavy (non-hydrogen) atoms. The van der Waals surface area contributed by atoms with Gasteiger partial charge in [0.25, 0.3) is 0 Å². The van der Waals surface area contributed by atoms with Crippen molar-refractivity contribution >= 4 is 46.0 Å². The molecule has 5 rings (SSSR count). The van der Waals surface area contributed by atoms with Crippen molar-refractivity contribution in [2.45, 2.75) is 18.4 Å². The van der Waals surface area contributed by atoms with Gasteiger partial charge >= 0.3 is 0 Å². The van der Waals surface area contributed by atoms with Crippen LogP contribution in [-0.4, -0.2) is 24.1 Å². The fourth-order valence-corrected chi connectivity index (χ4v) is 5.24. The Balaban J connectivity index is 1.46. The summed E-state index contributed by atoms with van der Waals surface area (Å²) in [7, 11) is 2.09. The van der Waals surface area contributed by atoms with E-state index in [1.807, 2.05) is 12.3 Å². The Morgan fingerprint density at radius 3 is 2.56 bits per heavy atom. The number of fused-ring (bicyclic) bond motifs is 1. The molecule has 1 aromatic heterocycles. The highest BCUT2D eigenvalue weighted by Gasteiger charge is 2.12. The van der Waals surface area contributed by atoms with Gasteiger partial charge in [0.05, 0.1) is 17.1 Å². The second-order valence-corrected chi connectivity index (χ2v) is 10.0. The topological polar surface area (TPSA) is 48.1 Å². The lowest BCUT2D eigenvalue weighted by atomic mass is 10.0. The maximum Gasteiger partial charge on any atom is 0.130 e. The molecule has 4 aromatic carbocycles. The van der Waals surface area contributed by atoms with Gasteiger partial charge in [-0.3, -0.25) is 0 Å². The van der Waals surface area contributed by atoms with Gasteiger partial charge in [-0.1, -0.05) is 66.2 Å². The van der Waals surface area contributed by atoms with Gasteiger partial charge in [0.1, 0.15) is 6.29 Å². The van der Waals surface area contributed by atoms with Gasteiger partial charge in [0.15, 0.2) is 0 Å². The molecule has 2 N–H and O–H groups in total. The third-order valence-corrected chi connectivity index (χ3v) is 7.21. The fraction of sp³-hybridized carbons (Fsp3) is 0.129. The van der Waals surface area contributed by atoms with Crippen molar-refractivity contribution in [1.82, 2.24) is 4.98 Å². The van der Waals surface area contributed by atoms with E-state index >= 15 is 0 Å². The van der Waals surface area contributed by atoms with Crippen LogP contribution in [0.2, 0.25) is 0 Å². The van der Waals surface area contributed by atoms with E-state index in [1.165, 1.54) is 22.3 Å². The zero-order chi connectivity index (χ0) is 24.9. The molecule has 180 valence electrons. The molecule has 0 amide bonds. The average molecular weight is 492 g/mol. The summed E-state index contributed by atoms with van der Waals surface area (Å²) in [6, 6.07) is 31.9. The molecule has 0 spiro atoms. The molecule has 0 saturated carbocycles. The maximum absolute atomic E-state index is 11.1. The van der Waals surface area contributed by atoms with E-state index in [4.69, 9.17) is 0 Å². The zero-order valence-corrected chi connectivity index (χ0v) is 21.3. The number of carbonyl (C=O) groups is 1. The van der Waals surface area contributed by atoms with Gasteiger partial charge in [0.2, 0.25) is 0 Å². The Hall–Kier alpha value is -3.96. The number of nitrogens with zero attached hydrogens (tertiary/aromatic N) is 1.